The van der Waals surface area contributed by atoms with E-state index in [1.165, 1.54) is 0 Å². The van der Waals surface area contributed by atoms with Gasteiger partial charge in [0.2, 0.25) is 5.91 Å². The van der Waals surface area contributed by atoms with E-state index in [2.05, 4.69) is 5.32 Å². The molecular formula is C11H16N2O. The summed E-state index contributed by atoms with van der Waals surface area (Å²) in [4.78, 5) is 11.1. The highest BCUT2D eigenvalue weighted by atomic mass is 16.1. The molecule has 0 radical (unpaired) electrons. The van der Waals surface area contributed by atoms with E-state index in [-0.39, 0.29) is 5.91 Å². The second-order valence-electron chi connectivity index (χ2n) is 3.20. The van der Waals surface area contributed by atoms with Gasteiger partial charge in [-0.1, -0.05) is 12.1 Å². The quantitative estimate of drug-likeness (QED) is 0.707. The van der Waals surface area contributed by atoms with Crippen LogP contribution < -0.4 is 11.1 Å². The van der Waals surface area contributed by atoms with Crippen LogP contribution in [0, 0.1) is 0 Å². The average Bonchev–Trinajstić information content (AvgIpc) is 2.17. The van der Waals surface area contributed by atoms with Crippen molar-refractivity contribution in [2.24, 2.45) is 0 Å². The molecule has 0 aliphatic rings. The summed E-state index contributed by atoms with van der Waals surface area (Å²) in [5.41, 5.74) is 7.45. The van der Waals surface area contributed by atoms with Gasteiger partial charge in [0.25, 0.3) is 0 Å². The highest BCUT2D eigenvalue weighted by Crippen LogP contribution is 2.07. The Balaban J connectivity index is 2.38. The Labute approximate surface area is 84.3 Å². The van der Waals surface area contributed by atoms with E-state index in [4.69, 9.17) is 5.73 Å². The number of benzene rings is 1. The van der Waals surface area contributed by atoms with E-state index < -0.39 is 0 Å². The summed E-state index contributed by atoms with van der Waals surface area (Å²) >= 11 is 0. The van der Waals surface area contributed by atoms with Gasteiger partial charge < -0.3 is 11.1 Å². The molecule has 0 aliphatic heterocycles. The Kier molecular flexibility index (Phi) is 3.98. The molecule has 3 heteroatoms. The molecule has 0 unspecified atom stereocenters. The lowest BCUT2D eigenvalue weighted by molar-refractivity contribution is -0.120. The van der Waals surface area contributed by atoms with Crippen LogP contribution in [0.15, 0.2) is 24.3 Å². The Morgan fingerprint density at radius 2 is 2.00 bits per heavy atom. The molecule has 14 heavy (non-hydrogen) atoms. The second kappa shape index (κ2) is 5.27. The maximum Gasteiger partial charge on any atom is 0.220 e. The number of anilines is 1. The molecule has 0 bridgehead atoms. The molecule has 0 saturated heterocycles. The highest BCUT2D eigenvalue weighted by molar-refractivity contribution is 5.76. The predicted octanol–water partition coefficient (Wildman–Crippen LogP) is 1.34. The molecule has 1 amide bonds. The maximum absolute atomic E-state index is 11.1. The van der Waals surface area contributed by atoms with E-state index >= 15 is 0 Å². The van der Waals surface area contributed by atoms with E-state index in [1.54, 1.807) is 0 Å². The third-order valence-electron chi connectivity index (χ3n) is 1.99. The van der Waals surface area contributed by atoms with Crippen LogP contribution in [0.25, 0.3) is 0 Å². The van der Waals surface area contributed by atoms with Gasteiger partial charge in [-0.05, 0) is 31.0 Å². The highest BCUT2D eigenvalue weighted by Gasteiger charge is 1.99. The van der Waals surface area contributed by atoms with Gasteiger partial charge in [0.05, 0.1) is 0 Å². The van der Waals surface area contributed by atoms with Crippen LogP contribution in [0.5, 0.6) is 0 Å². The van der Waals surface area contributed by atoms with Gasteiger partial charge in [-0.2, -0.15) is 0 Å². The van der Waals surface area contributed by atoms with Crippen LogP contribution in [0.4, 0.5) is 5.69 Å². The minimum atomic E-state index is 0.101. The SMILES string of the molecule is CCNC(=O)CCc1ccc(N)cc1. The summed E-state index contributed by atoms with van der Waals surface area (Å²) in [6.45, 7) is 2.61. The number of carbonyl (C=O) groups excluding carboxylic acids is 1. The summed E-state index contributed by atoms with van der Waals surface area (Å²) in [7, 11) is 0. The van der Waals surface area contributed by atoms with Crippen molar-refractivity contribution in [1.82, 2.24) is 5.32 Å². The monoisotopic (exact) mass is 192 g/mol. The molecule has 3 N–H and O–H groups in total. The van der Waals surface area contributed by atoms with Crippen LogP contribution in [0.3, 0.4) is 0 Å². The van der Waals surface area contributed by atoms with Crippen molar-refractivity contribution >= 4 is 11.6 Å². The molecule has 0 spiro atoms. The van der Waals surface area contributed by atoms with Gasteiger partial charge in [-0.15, -0.1) is 0 Å². The van der Waals surface area contributed by atoms with Crippen molar-refractivity contribution in [2.45, 2.75) is 19.8 Å². The van der Waals surface area contributed by atoms with Crippen molar-refractivity contribution in [3.8, 4) is 0 Å². The number of hydrogen-bond donors (Lipinski definition) is 2. The van der Waals surface area contributed by atoms with Crippen LogP contribution in [0.1, 0.15) is 18.9 Å². The Morgan fingerprint density at radius 1 is 1.36 bits per heavy atom. The summed E-state index contributed by atoms with van der Waals surface area (Å²) in [5, 5.41) is 2.76. The van der Waals surface area contributed by atoms with Gasteiger partial charge in [-0.3, -0.25) is 4.79 Å². The van der Waals surface area contributed by atoms with Gasteiger partial charge in [-0.25, -0.2) is 0 Å². The fourth-order valence-corrected chi connectivity index (χ4v) is 1.23. The minimum Gasteiger partial charge on any atom is -0.399 e. The fraction of sp³-hybridized carbons (Fsp3) is 0.364. The van der Waals surface area contributed by atoms with Gasteiger partial charge in [0.15, 0.2) is 0 Å². The van der Waals surface area contributed by atoms with Crippen molar-refractivity contribution in [1.29, 1.82) is 0 Å². The number of amides is 1. The Bertz CT molecular complexity index is 293. The van der Waals surface area contributed by atoms with Crippen LogP contribution in [-0.2, 0) is 11.2 Å². The van der Waals surface area contributed by atoms with Crippen molar-refractivity contribution in [2.75, 3.05) is 12.3 Å². The Morgan fingerprint density at radius 3 is 2.57 bits per heavy atom. The number of nitrogens with two attached hydrogens (primary N) is 1. The largest absolute Gasteiger partial charge is 0.399 e. The summed E-state index contributed by atoms with van der Waals surface area (Å²) in [6.07, 6.45) is 1.31. The first kappa shape index (κ1) is 10.6. The topological polar surface area (TPSA) is 55.1 Å². The van der Waals surface area contributed by atoms with Gasteiger partial charge in [0.1, 0.15) is 0 Å². The molecule has 76 valence electrons. The van der Waals surface area contributed by atoms with Gasteiger partial charge in [0, 0.05) is 18.7 Å². The lowest BCUT2D eigenvalue weighted by Crippen LogP contribution is -2.22. The van der Waals surface area contributed by atoms with Crippen LogP contribution in [-0.4, -0.2) is 12.5 Å². The normalized spacial score (nSPS) is 9.79. The molecule has 0 aliphatic carbocycles. The third-order valence-corrected chi connectivity index (χ3v) is 1.99. The summed E-state index contributed by atoms with van der Waals surface area (Å²) < 4.78 is 0. The first-order valence-corrected chi connectivity index (χ1v) is 4.83. The van der Waals surface area contributed by atoms with E-state index in [1.807, 2.05) is 31.2 Å². The maximum atomic E-state index is 11.1. The number of hydrogen-bond acceptors (Lipinski definition) is 2. The number of aryl methyl sites for hydroxylation is 1. The smallest absolute Gasteiger partial charge is 0.220 e. The van der Waals surface area contributed by atoms with Crippen LogP contribution in [0.2, 0.25) is 0 Å². The van der Waals surface area contributed by atoms with Crippen molar-refractivity contribution in [3.63, 3.8) is 0 Å². The Hall–Kier alpha value is -1.51. The molecular weight excluding hydrogens is 176 g/mol. The summed E-state index contributed by atoms with van der Waals surface area (Å²) in [5.74, 6) is 0.101. The number of nitrogens with one attached hydrogen (secondary N) is 1. The van der Waals surface area contributed by atoms with Crippen molar-refractivity contribution in [3.05, 3.63) is 29.8 Å². The molecule has 0 aromatic heterocycles. The number of carbonyl (C=O) groups is 1. The number of rotatable bonds is 4. The third kappa shape index (κ3) is 3.47. The zero-order valence-electron chi connectivity index (χ0n) is 8.42. The first-order valence-electron chi connectivity index (χ1n) is 4.83. The zero-order valence-corrected chi connectivity index (χ0v) is 8.42. The molecule has 0 fully saturated rings. The van der Waals surface area contributed by atoms with Crippen molar-refractivity contribution < 1.29 is 4.79 Å². The predicted molar refractivity (Wildman–Crippen MR) is 57.9 cm³/mol. The molecule has 1 aromatic rings. The zero-order chi connectivity index (χ0) is 10.4. The van der Waals surface area contributed by atoms with E-state index in [0.29, 0.717) is 13.0 Å². The van der Waals surface area contributed by atoms with E-state index in [9.17, 15) is 4.79 Å². The standard InChI is InChI=1S/C11H16N2O/c1-2-13-11(14)8-5-9-3-6-10(12)7-4-9/h3-4,6-7H,2,5,8,12H2,1H3,(H,13,14). The van der Waals surface area contributed by atoms with E-state index in [0.717, 1.165) is 17.7 Å². The minimum absolute atomic E-state index is 0.101. The summed E-state index contributed by atoms with van der Waals surface area (Å²) in [6, 6.07) is 7.61. The lowest BCUT2D eigenvalue weighted by atomic mass is 10.1. The molecule has 0 heterocycles. The fourth-order valence-electron chi connectivity index (χ4n) is 1.23. The molecule has 0 atom stereocenters. The molecule has 1 aromatic carbocycles. The molecule has 3 nitrogen and oxygen atoms in total. The second-order valence-corrected chi connectivity index (χ2v) is 3.20. The average molecular weight is 192 g/mol. The first-order chi connectivity index (χ1) is 6.72. The van der Waals surface area contributed by atoms with Gasteiger partial charge >= 0.3 is 0 Å². The molecule has 0 saturated carbocycles. The molecule has 1 rings (SSSR count). The van der Waals surface area contributed by atoms with Crippen LogP contribution >= 0.6 is 0 Å². The lowest BCUT2D eigenvalue weighted by Gasteiger charge is -2.02. The number of nitrogen functional groups attached to an aromatic ring is 1.